The van der Waals surface area contributed by atoms with Gasteiger partial charge in [0.25, 0.3) is 0 Å². The summed E-state index contributed by atoms with van der Waals surface area (Å²) in [7, 11) is 0. The van der Waals surface area contributed by atoms with E-state index < -0.39 is 23.1 Å². The summed E-state index contributed by atoms with van der Waals surface area (Å²) in [5, 5.41) is 14.7. The van der Waals surface area contributed by atoms with Crippen molar-refractivity contribution >= 4 is 23.7 Å². The maximum absolute atomic E-state index is 13.6. The average molecular weight is 443 g/mol. The molecule has 3 fully saturated rings. The van der Waals surface area contributed by atoms with Gasteiger partial charge in [-0.1, -0.05) is 11.6 Å². The number of carbonyl (C=O) groups is 1. The number of carbonyl (C=O) groups excluding carboxylic acids is 1. The zero-order valence-corrected chi connectivity index (χ0v) is 17.1. The summed E-state index contributed by atoms with van der Waals surface area (Å²) in [4.78, 5) is 17.3. The van der Waals surface area contributed by atoms with Crippen LogP contribution in [0.25, 0.3) is 0 Å². The Morgan fingerprint density at radius 2 is 1.97 bits per heavy atom. The SMILES string of the molecule is N#Cc1cnc(OCC23CC(C(=O)N4N=CCC4c4cc(F)cc(F)c4)(C2)C3)c(Cl)c1. The molecule has 9 heteroatoms. The van der Waals surface area contributed by atoms with Crippen molar-refractivity contribution in [1.82, 2.24) is 9.99 Å². The molecule has 0 N–H and O–H groups in total. The van der Waals surface area contributed by atoms with Crippen LogP contribution in [-0.2, 0) is 4.79 Å². The third-order valence-corrected chi connectivity index (χ3v) is 6.62. The normalized spacial score (nSPS) is 27.9. The summed E-state index contributed by atoms with van der Waals surface area (Å²) in [6, 6.07) is 6.26. The van der Waals surface area contributed by atoms with Crippen LogP contribution in [0.2, 0.25) is 5.02 Å². The van der Waals surface area contributed by atoms with Gasteiger partial charge in [0.1, 0.15) is 22.7 Å². The van der Waals surface area contributed by atoms with Gasteiger partial charge in [0, 0.05) is 30.3 Å². The third-order valence-electron chi connectivity index (χ3n) is 6.35. The molecule has 6 rings (SSSR count). The van der Waals surface area contributed by atoms with Crippen molar-refractivity contribution < 1.29 is 18.3 Å². The molecule has 2 bridgehead atoms. The summed E-state index contributed by atoms with van der Waals surface area (Å²) in [6.45, 7) is 0.377. The summed E-state index contributed by atoms with van der Waals surface area (Å²) in [5.74, 6) is -1.20. The number of hydrogen-bond donors (Lipinski definition) is 0. The Balaban J connectivity index is 1.23. The summed E-state index contributed by atoms with van der Waals surface area (Å²) >= 11 is 6.10. The highest BCUT2D eigenvalue weighted by molar-refractivity contribution is 6.31. The molecule has 1 amide bonds. The zero-order chi connectivity index (χ0) is 21.8. The summed E-state index contributed by atoms with van der Waals surface area (Å²) in [5.41, 5.74) is 0.135. The average Bonchev–Trinajstić information content (AvgIpc) is 3.15. The number of amides is 1. The number of hydrogen-bond acceptors (Lipinski definition) is 5. The first-order valence-corrected chi connectivity index (χ1v) is 10.2. The molecule has 1 atom stereocenters. The molecule has 0 saturated heterocycles. The molecule has 1 aromatic carbocycles. The second-order valence-electron chi connectivity index (χ2n) is 8.62. The number of pyridine rings is 1. The third kappa shape index (κ3) is 3.24. The number of rotatable bonds is 5. The van der Waals surface area contributed by atoms with E-state index in [1.165, 1.54) is 29.4 Å². The topological polar surface area (TPSA) is 78.6 Å². The number of ether oxygens (including phenoxy) is 1. The second-order valence-corrected chi connectivity index (χ2v) is 9.03. The summed E-state index contributed by atoms with van der Waals surface area (Å²) < 4.78 is 33.1. The fourth-order valence-electron chi connectivity index (χ4n) is 5.09. The van der Waals surface area contributed by atoms with Crippen LogP contribution in [0.15, 0.2) is 35.6 Å². The van der Waals surface area contributed by atoms with Gasteiger partial charge in [0.15, 0.2) is 0 Å². The van der Waals surface area contributed by atoms with Gasteiger partial charge in [-0.2, -0.15) is 10.4 Å². The van der Waals surface area contributed by atoms with E-state index in [1.54, 1.807) is 6.21 Å². The van der Waals surface area contributed by atoms with E-state index in [0.29, 0.717) is 43.4 Å². The number of nitriles is 1. The van der Waals surface area contributed by atoms with Crippen molar-refractivity contribution in [3.8, 4) is 11.9 Å². The van der Waals surface area contributed by atoms with Crippen LogP contribution in [-0.4, -0.2) is 28.7 Å². The van der Waals surface area contributed by atoms with E-state index >= 15 is 0 Å². The predicted molar refractivity (Wildman–Crippen MR) is 107 cm³/mol. The van der Waals surface area contributed by atoms with Gasteiger partial charge < -0.3 is 4.74 Å². The number of halogens is 3. The van der Waals surface area contributed by atoms with Gasteiger partial charge in [-0.05, 0) is 43.0 Å². The predicted octanol–water partition coefficient (Wildman–Crippen LogP) is 4.39. The van der Waals surface area contributed by atoms with Crippen LogP contribution in [0.1, 0.15) is 42.9 Å². The van der Waals surface area contributed by atoms with Crippen molar-refractivity contribution in [3.05, 3.63) is 58.2 Å². The van der Waals surface area contributed by atoms with E-state index in [0.717, 1.165) is 6.07 Å². The molecule has 158 valence electrons. The monoisotopic (exact) mass is 442 g/mol. The van der Waals surface area contributed by atoms with Crippen molar-refractivity contribution in [3.63, 3.8) is 0 Å². The van der Waals surface area contributed by atoms with Gasteiger partial charge in [0.2, 0.25) is 11.8 Å². The Morgan fingerprint density at radius 1 is 1.26 bits per heavy atom. The summed E-state index contributed by atoms with van der Waals surface area (Å²) in [6.07, 6.45) is 5.39. The Hall–Kier alpha value is -3.05. The lowest BCUT2D eigenvalue weighted by atomic mass is 9.35. The van der Waals surface area contributed by atoms with Crippen molar-refractivity contribution in [2.45, 2.75) is 31.7 Å². The Labute approximate surface area is 182 Å². The van der Waals surface area contributed by atoms with Crippen LogP contribution in [0.3, 0.4) is 0 Å². The first-order chi connectivity index (χ1) is 14.8. The molecular weight excluding hydrogens is 426 g/mol. The van der Waals surface area contributed by atoms with Crippen molar-refractivity contribution in [2.24, 2.45) is 15.9 Å². The lowest BCUT2D eigenvalue weighted by Crippen LogP contribution is -2.69. The molecule has 3 aliphatic carbocycles. The van der Waals surface area contributed by atoms with E-state index in [4.69, 9.17) is 21.6 Å². The van der Waals surface area contributed by atoms with E-state index in [1.807, 2.05) is 6.07 Å². The molecule has 0 radical (unpaired) electrons. The molecular formula is C22H17ClF2N4O2. The smallest absolute Gasteiger partial charge is 0.249 e. The number of nitrogens with zero attached hydrogens (tertiary/aromatic N) is 4. The standard InChI is InChI=1S/C22H17ClF2N4O2/c23-17-3-13(7-26)8-27-19(17)31-12-21-9-22(10-21,11-21)20(30)29-18(1-2-28-29)14-4-15(24)6-16(25)5-14/h2-6,8,18H,1,9-12H2. The minimum atomic E-state index is -0.675. The van der Waals surface area contributed by atoms with Gasteiger partial charge >= 0.3 is 0 Å². The Bertz CT molecular complexity index is 1120. The lowest BCUT2D eigenvalue weighted by Gasteiger charge is -2.69. The fourth-order valence-corrected chi connectivity index (χ4v) is 5.31. The minimum absolute atomic E-state index is 0.113. The molecule has 31 heavy (non-hydrogen) atoms. The van der Waals surface area contributed by atoms with Crippen molar-refractivity contribution in [1.29, 1.82) is 5.26 Å². The van der Waals surface area contributed by atoms with Crippen LogP contribution >= 0.6 is 11.6 Å². The van der Waals surface area contributed by atoms with Crippen LogP contribution in [0, 0.1) is 33.8 Å². The molecule has 1 unspecified atom stereocenters. The number of aromatic nitrogens is 1. The quantitative estimate of drug-likeness (QED) is 0.687. The zero-order valence-electron chi connectivity index (χ0n) is 16.3. The van der Waals surface area contributed by atoms with Crippen LogP contribution in [0.4, 0.5) is 8.78 Å². The number of hydrazone groups is 1. The number of benzene rings is 1. The van der Waals surface area contributed by atoms with Gasteiger partial charge in [-0.3, -0.25) is 4.79 Å². The van der Waals surface area contributed by atoms with Crippen LogP contribution in [0.5, 0.6) is 5.88 Å². The maximum atomic E-state index is 13.6. The minimum Gasteiger partial charge on any atom is -0.476 e. The maximum Gasteiger partial charge on any atom is 0.249 e. The Kier molecular flexibility index (Phi) is 4.48. The van der Waals surface area contributed by atoms with Crippen LogP contribution < -0.4 is 4.74 Å². The Morgan fingerprint density at radius 3 is 2.61 bits per heavy atom. The van der Waals surface area contributed by atoms with Gasteiger partial charge in [0.05, 0.1) is 23.6 Å². The molecule has 3 saturated carbocycles. The van der Waals surface area contributed by atoms with Gasteiger partial charge in [-0.25, -0.2) is 18.8 Å². The van der Waals surface area contributed by atoms with E-state index in [9.17, 15) is 13.6 Å². The molecule has 6 nitrogen and oxygen atoms in total. The fraction of sp³-hybridized carbons (Fsp3) is 0.364. The van der Waals surface area contributed by atoms with Gasteiger partial charge in [-0.15, -0.1) is 0 Å². The van der Waals surface area contributed by atoms with E-state index in [2.05, 4.69) is 10.1 Å². The highest BCUT2D eigenvalue weighted by atomic mass is 35.5. The van der Waals surface area contributed by atoms with E-state index in [-0.39, 0.29) is 22.2 Å². The molecule has 1 aromatic heterocycles. The highest BCUT2D eigenvalue weighted by Crippen LogP contribution is 2.74. The molecule has 2 aromatic rings. The molecule has 1 aliphatic heterocycles. The molecule has 0 spiro atoms. The lowest BCUT2D eigenvalue weighted by molar-refractivity contribution is -0.227. The molecule has 4 aliphatic rings. The second kappa shape index (κ2) is 6.99. The van der Waals surface area contributed by atoms with Crippen molar-refractivity contribution in [2.75, 3.05) is 6.61 Å². The first-order valence-electron chi connectivity index (χ1n) is 9.84. The largest absolute Gasteiger partial charge is 0.476 e. The first kappa shape index (κ1) is 19.9. The highest BCUT2D eigenvalue weighted by Gasteiger charge is 2.73. The molecule has 2 heterocycles.